The number of aromatic amines is 1. The molecule has 2 N–H and O–H groups in total. The van der Waals surface area contributed by atoms with Crippen LogP contribution in [0.1, 0.15) is 49.4 Å². The smallest absolute Gasteiger partial charge is 0.224 e. The van der Waals surface area contributed by atoms with E-state index in [1.807, 2.05) is 25.3 Å². The molecule has 144 valence electrons. The molecule has 0 aliphatic heterocycles. The van der Waals surface area contributed by atoms with Crippen molar-refractivity contribution in [3.05, 3.63) is 60.0 Å². The molecule has 3 atom stereocenters. The Kier molecular flexibility index (Phi) is 4.30. The van der Waals surface area contributed by atoms with Crippen LogP contribution in [0.3, 0.4) is 0 Å². The Morgan fingerprint density at radius 3 is 2.96 bits per heavy atom. The summed E-state index contributed by atoms with van der Waals surface area (Å²) in [6, 6.07) is 12.1. The summed E-state index contributed by atoms with van der Waals surface area (Å²) in [6.07, 6.45) is 7.17. The highest BCUT2D eigenvalue weighted by Gasteiger charge is 2.45. The Balaban J connectivity index is 1.19. The maximum absolute atomic E-state index is 12.7. The van der Waals surface area contributed by atoms with Crippen molar-refractivity contribution in [3.8, 4) is 5.75 Å². The van der Waals surface area contributed by atoms with Gasteiger partial charge in [0.2, 0.25) is 5.91 Å². The molecular formula is C23H25N3O2. The Morgan fingerprint density at radius 1 is 1.29 bits per heavy atom. The molecule has 0 bridgehead atoms. The predicted octanol–water partition coefficient (Wildman–Crippen LogP) is 4.33. The Bertz CT molecular complexity index is 991. The predicted molar refractivity (Wildman–Crippen MR) is 108 cm³/mol. The summed E-state index contributed by atoms with van der Waals surface area (Å²) in [6.45, 7) is 2.76. The van der Waals surface area contributed by atoms with Gasteiger partial charge in [-0.2, -0.15) is 0 Å². The van der Waals surface area contributed by atoms with Crippen molar-refractivity contribution in [2.45, 2.75) is 38.1 Å². The van der Waals surface area contributed by atoms with E-state index >= 15 is 0 Å². The van der Waals surface area contributed by atoms with Crippen molar-refractivity contribution in [1.29, 1.82) is 0 Å². The molecule has 2 fully saturated rings. The van der Waals surface area contributed by atoms with E-state index in [0.717, 1.165) is 35.9 Å². The normalized spacial score (nSPS) is 22.0. The van der Waals surface area contributed by atoms with Gasteiger partial charge in [-0.05, 0) is 67.9 Å². The van der Waals surface area contributed by atoms with Crippen LogP contribution in [0.4, 0.5) is 0 Å². The number of nitrogens with zero attached hydrogens (tertiary/aromatic N) is 1. The van der Waals surface area contributed by atoms with Crippen LogP contribution in [-0.4, -0.2) is 22.5 Å². The van der Waals surface area contributed by atoms with Gasteiger partial charge >= 0.3 is 0 Å². The lowest BCUT2D eigenvalue weighted by atomic mass is 10.0. The molecule has 5 nitrogen and oxygen atoms in total. The van der Waals surface area contributed by atoms with Crippen molar-refractivity contribution in [3.63, 3.8) is 0 Å². The molecule has 1 aromatic carbocycles. The van der Waals surface area contributed by atoms with Gasteiger partial charge in [-0.15, -0.1) is 0 Å². The van der Waals surface area contributed by atoms with Crippen LogP contribution >= 0.6 is 0 Å². The number of benzene rings is 1. The lowest BCUT2D eigenvalue weighted by Crippen LogP contribution is -2.28. The summed E-state index contributed by atoms with van der Waals surface area (Å²) in [4.78, 5) is 20.4. The molecule has 2 aromatic heterocycles. The van der Waals surface area contributed by atoms with Crippen LogP contribution in [0.15, 0.2) is 48.8 Å². The zero-order valence-corrected chi connectivity index (χ0v) is 16.0. The second kappa shape index (κ2) is 6.97. The van der Waals surface area contributed by atoms with Gasteiger partial charge in [0.1, 0.15) is 5.75 Å². The Labute approximate surface area is 164 Å². The first-order valence-corrected chi connectivity index (χ1v) is 10.1. The average Bonchev–Trinajstić information content (AvgIpc) is 3.63. The van der Waals surface area contributed by atoms with Crippen molar-refractivity contribution < 1.29 is 9.53 Å². The molecule has 2 aliphatic carbocycles. The lowest BCUT2D eigenvalue weighted by molar-refractivity contribution is -0.123. The minimum absolute atomic E-state index is 0.0455. The summed E-state index contributed by atoms with van der Waals surface area (Å²) >= 11 is 0. The van der Waals surface area contributed by atoms with Crippen LogP contribution in [0.5, 0.6) is 5.75 Å². The quantitative estimate of drug-likeness (QED) is 0.646. The molecule has 5 rings (SSSR count). The molecule has 0 spiro atoms. The van der Waals surface area contributed by atoms with Gasteiger partial charge < -0.3 is 15.0 Å². The first-order valence-electron chi connectivity index (χ1n) is 10.1. The highest BCUT2D eigenvalue weighted by atomic mass is 16.5. The third-order valence-electron chi connectivity index (χ3n) is 5.90. The number of hydrogen-bond acceptors (Lipinski definition) is 3. The van der Waals surface area contributed by atoms with Gasteiger partial charge in [0.05, 0.1) is 24.5 Å². The molecule has 2 saturated carbocycles. The summed E-state index contributed by atoms with van der Waals surface area (Å²) in [7, 11) is 0. The summed E-state index contributed by atoms with van der Waals surface area (Å²) in [5.41, 5.74) is 3.25. The first kappa shape index (κ1) is 17.3. The van der Waals surface area contributed by atoms with E-state index in [1.165, 1.54) is 23.8 Å². The number of amides is 1. The number of H-pyrrole nitrogens is 1. The van der Waals surface area contributed by atoms with Gasteiger partial charge in [-0.3, -0.25) is 9.78 Å². The lowest BCUT2D eigenvalue weighted by Gasteiger charge is -2.14. The van der Waals surface area contributed by atoms with Crippen molar-refractivity contribution in [2.75, 3.05) is 6.61 Å². The second-order valence-electron chi connectivity index (χ2n) is 8.14. The maximum Gasteiger partial charge on any atom is 0.224 e. The van der Waals surface area contributed by atoms with Crippen LogP contribution in [-0.2, 0) is 4.79 Å². The molecule has 0 saturated heterocycles. The number of hydrogen-bond donors (Lipinski definition) is 2. The van der Waals surface area contributed by atoms with Crippen LogP contribution in [0, 0.1) is 11.8 Å². The molecule has 2 heterocycles. The molecule has 28 heavy (non-hydrogen) atoms. The number of rotatable bonds is 7. The van der Waals surface area contributed by atoms with Crippen LogP contribution in [0.25, 0.3) is 10.9 Å². The minimum Gasteiger partial charge on any atom is -0.492 e. The summed E-state index contributed by atoms with van der Waals surface area (Å²) in [5.74, 6) is 1.99. The van der Waals surface area contributed by atoms with E-state index < -0.39 is 0 Å². The Morgan fingerprint density at radius 2 is 2.18 bits per heavy atom. The van der Waals surface area contributed by atoms with Gasteiger partial charge in [-0.25, -0.2) is 0 Å². The van der Waals surface area contributed by atoms with Gasteiger partial charge in [0, 0.05) is 23.0 Å². The highest BCUT2D eigenvalue weighted by molar-refractivity contribution is 5.88. The van der Waals surface area contributed by atoms with E-state index in [-0.39, 0.29) is 17.9 Å². The number of nitrogens with one attached hydrogen (secondary N) is 2. The number of pyridine rings is 1. The zero-order valence-electron chi connectivity index (χ0n) is 16.0. The number of carbonyl (C=O) groups is 1. The molecule has 2 unspecified atom stereocenters. The van der Waals surface area contributed by atoms with Crippen LogP contribution in [0.2, 0.25) is 0 Å². The van der Waals surface area contributed by atoms with E-state index in [9.17, 15) is 4.79 Å². The fraction of sp³-hybridized carbons (Fsp3) is 0.391. The molecular weight excluding hydrogens is 350 g/mol. The van der Waals surface area contributed by atoms with E-state index in [4.69, 9.17) is 4.74 Å². The number of carbonyl (C=O) groups excluding carboxylic acids is 1. The minimum atomic E-state index is -0.116. The van der Waals surface area contributed by atoms with E-state index in [0.29, 0.717) is 5.92 Å². The monoisotopic (exact) mass is 375 g/mol. The second-order valence-corrected chi connectivity index (χ2v) is 8.14. The topological polar surface area (TPSA) is 67.0 Å². The van der Waals surface area contributed by atoms with E-state index in [2.05, 4.69) is 39.6 Å². The van der Waals surface area contributed by atoms with Gasteiger partial charge in [-0.1, -0.05) is 12.1 Å². The van der Waals surface area contributed by atoms with Gasteiger partial charge in [0.25, 0.3) is 0 Å². The standard InChI is InChI=1S/C23H25N3O2/c1-14(21-8-7-16(12-25-21)28-13-15-5-6-15)26-23(27)20-11-19(20)17-3-2-4-22-18(17)9-10-24-22/h2-4,7-10,12,14-15,19-20,24H,5-6,11,13H2,1H3,(H,26,27)/t14-,19?,20?/m1/s1. The van der Waals surface area contributed by atoms with E-state index in [1.54, 1.807) is 6.20 Å². The molecule has 2 aliphatic rings. The summed E-state index contributed by atoms with van der Waals surface area (Å²) < 4.78 is 5.73. The van der Waals surface area contributed by atoms with Gasteiger partial charge in [0.15, 0.2) is 0 Å². The maximum atomic E-state index is 12.7. The van der Waals surface area contributed by atoms with Crippen molar-refractivity contribution >= 4 is 16.8 Å². The molecule has 3 aromatic rings. The highest BCUT2D eigenvalue weighted by Crippen LogP contribution is 2.49. The zero-order chi connectivity index (χ0) is 19.1. The number of fused-ring (bicyclic) bond motifs is 1. The SMILES string of the molecule is C[C@@H](NC(=O)C1CC1c1cccc2[nH]ccc12)c1ccc(OCC2CC2)cn1. The fourth-order valence-corrected chi connectivity index (χ4v) is 3.89. The first-order chi connectivity index (χ1) is 13.7. The molecule has 1 amide bonds. The number of aromatic nitrogens is 2. The number of ether oxygens (including phenoxy) is 1. The van der Waals surface area contributed by atoms with Crippen molar-refractivity contribution in [1.82, 2.24) is 15.3 Å². The molecule has 0 radical (unpaired) electrons. The summed E-state index contributed by atoms with van der Waals surface area (Å²) in [5, 5.41) is 4.35. The fourth-order valence-electron chi connectivity index (χ4n) is 3.89. The Hall–Kier alpha value is -2.82. The third kappa shape index (κ3) is 3.49. The third-order valence-corrected chi connectivity index (χ3v) is 5.90. The average molecular weight is 375 g/mol. The van der Waals surface area contributed by atoms with Crippen molar-refractivity contribution in [2.24, 2.45) is 11.8 Å². The van der Waals surface area contributed by atoms with Crippen LogP contribution < -0.4 is 10.1 Å². The molecule has 5 heteroatoms. The largest absolute Gasteiger partial charge is 0.492 e.